The van der Waals surface area contributed by atoms with Crippen LogP contribution in [0.25, 0.3) is 0 Å². The summed E-state index contributed by atoms with van der Waals surface area (Å²) >= 11 is 1.53. The Morgan fingerprint density at radius 1 is 1.40 bits per heavy atom. The van der Waals surface area contributed by atoms with Gasteiger partial charge in [0.15, 0.2) is 0 Å². The minimum absolute atomic E-state index is 0.00445. The van der Waals surface area contributed by atoms with Gasteiger partial charge in [-0.15, -0.1) is 11.3 Å². The molecule has 1 saturated heterocycles. The van der Waals surface area contributed by atoms with Crippen LogP contribution in [-0.4, -0.2) is 50.2 Å². The number of aromatic nitrogens is 3. The summed E-state index contributed by atoms with van der Waals surface area (Å²) in [6.07, 6.45) is 1.60. The number of hydrogen-bond acceptors (Lipinski definition) is 5. The number of nitrogens with zero attached hydrogens (tertiary/aromatic N) is 3. The van der Waals surface area contributed by atoms with E-state index in [1.165, 1.54) is 11.3 Å². The molecule has 2 aromatic heterocycles. The van der Waals surface area contributed by atoms with Gasteiger partial charge in [0.1, 0.15) is 5.69 Å². The third-order valence-corrected chi connectivity index (χ3v) is 5.57. The lowest BCUT2D eigenvalue weighted by atomic mass is 9.93. The molecule has 1 fully saturated rings. The highest BCUT2D eigenvalue weighted by Crippen LogP contribution is 2.28. The van der Waals surface area contributed by atoms with E-state index in [9.17, 15) is 9.59 Å². The summed E-state index contributed by atoms with van der Waals surface area (Å²) < 4.78 is 0. The van der Waals surface area contributed by atoms with Crippen molar-refractivity contribution in [3.63, 3.8) is 0 Å². The minimum atomic E-state index is -0.875. The van der Waals surface area contributed by atoms with Crippen LogP contribution in [-0.2, 0) is 11.2 Å². The summed E-state index contributed by atoms with van der Waals surface area (Å²) in [6, 6.07) is 1.83. The zero-order valence-corrected chi connectivity index (χ0v) is 15.2. The van der Waals surface area contributed by atoms with Crippen LogP contribution in [0, 0.1) is 0 Å². The highest BCUT2D eigenvalue weighted by Gasteiger charge is 2.27. The highest BCUT2D eigenvalue weighted by atomic mass is 32.1. The lowest BCUT2D eigenvalue weighted by Gasteiger charge is -2.30. The van der Waals surface area contributed by atoms with E-state index in [2.05, 4.69) is 29.0 Å². The molecule has 0 aliphatic carbocycles. The Morgan fingerprint density at radius 3 is 2.72 bits per heavy atom. The first-order valence-corrected chi connectivity index (χ1v) is 9.32. The number of carboxylic acid groups (broad SMARTS) is 1. The zero-order valence-electron chi connectivity index (χ0n) is 14.4. The molecule has 1 aliphatic rings. The van der Waals surface area contributed by atoms with Gasteiger partial charge in [0.05, 0.1) is 17.1 Å². The number of aromatic amines is 1. The van der Waals surface area contributed by atoms with E-state index in [0.717, 1.165) is 23.5 Å². The van der Waals surface area contributed by atoms with Gasteiger partial charge < -0.3 is 10.0 Å². The number of piperidine rings is 1. The molecule has 2 aromatic rings. The number of carbonyl (C=O) groups is 2. The van der Waals surface area contributed by atoms with E-state index in [1.54, 1.807) is 0 Å². The average Bonchev–Trinajstić information content (AvgIpc) is 3.23. The quantitative estimate of drug-likeness (QED) is 0.852. The van der Waals surface area contributed by atoms with Crippen LogP contribution in [0.15, 0.2) is 11.4 Å². The van der Waals surface area contributed by atoms with Crippen LogP contribution in [0.4, 0.5) is 0 Å². The summed E-state index contributed by atoms with van der Waals surface area (Å²) in [5, 5.41) is 18.7. The second-order valence-corrected chi connectivity index (χ2v) is 7.57. The molecule has 3 heterocycles. The maximum absolute atomic E-state index is 12.6. The molecule has 25 heavy (non-hydrogen) atoms. The van der Waals surface area contributed by atoms with Crippen molar-refractivity contribution in [3.05, 3.63) is 33.5 Å². The zero-order chi connectivity index (χ0) is 18.0. The summed E-state index contributed by atoms with van der Waals surface area (Å²) in [4.78, 5) is 29.6. The Morgan fingerprint density at radius 2 is 2.12 bits per heavy atom. The van der Waals surface area contributed by atoms with Gasteiger partial charge in [-0.3, -0.25) is 14.7 Å². The molecule has 0 bridgehead atoms. The number of hydrogen-bond donors (Lipinski definition) is 2. The van der Waals surface area contributed by atoms with E-state index in [1.807, 2.05) is 16.3 Å². The van der Waals surface area contributed by atoms with Gasteiger partial charge >= 0.3 is 5.97 Å². The van der Waals surface area contributed by atoms with Gasteiger partial charge in [0.2, 0.25) is 0 Å². The number of carbonyl (C=O) groups excluding carboxylic acids is 1. The topological polar surface area (TPSA) is 99.2 Å². The van der Waals surface area contributed by atoms with Crippen molar-refractivity contribution >= 4 is 23.2 Å². The van der Waals surface area contributed by atoms with Gasteiger partial charge in [-0.25, -0.2) is 4.98 Å². The number of amides is 1. The van der Waals surface area contributed by atoms with Crippen molar-refractivity contribution in [1.82, 2.24) is 20.1 Å². The Balaban J connectivity index is 1.58. The standard InChI is InChI=1S/C17H22N4O3S/c1-10(2)16-18-14(9-25-16)17(24)21-5-3-11(4-6-21)13-7-12(19-20-13)8-15(22)23/h7,9-11H,3-6,8H2,1-2H3,(H,19,20)(H,22,23). The Kier molecular flexibility index (Phi) is 5.17. The monoisotopic (exact) mass is 362 g/mol. The second kappa shape index (κ2) is 7.35. The number of nitrogens with one attached hydrogen (secondary N) is 1. The fraction of sp³-hybridized carbons (Fsp3) is 0.529. The second-order valence-electron chi connectivity index (χ2n) is 6.68. The van der Waals surface area contributed by atoms with Crippen molar-refractivity contribution in [1.29, 1.82) is 0 Å². The molecular weight excluding hydrogens is 340 g/mol. The lowest BCUT2D eigenvalue weighted by Crippen LogP contribution is -2.38. The average molecular weight is 362 g/mol. The molecule has 0 aromatic carbocycles. The van der Waals surface area contributed by atoms with Crippen LogP contribution in [0.5, 0.6) is 0 Å². The number of likely N-dealkylation sites (tertiary alicyclic amines) is 1. The maximum atomic E-state index is 12.6. The van der Waals surface area contributed by atoms with Crippen LogP contribution in [0.1, 0.15) is 65.4 Å². The van der Waals surface area contributed by atoms with Gasteiger partial charge in [-0.2, -0.15) is 5.10 Å². The number of carboxylic acids is 1. The predicted octanol–water partition coefficient (Wildman–Crippen LogP) is 2.64. The number of rotatable bonds is 5. The van der Waals surface area contributed by atoms with Crippen molar-refractivity contribution in [2.45, 2.75) is 44.9 Å². The number of H-pyrrole nitrogens is 1. The van der Waals surface area contributed by atoms with Crippen molar-refractivity contribution < 1.29 is 14.7 Å². The Labute approximate surface area is 150 Å². The summed E-state index contributed by atoms with van der Waals surface area (Å²) in [5.74, 6) is -0.295. The Bertz CT molecular complexity index is 760. The fourth-order valence-electron chi connectivity index (χ4n) is 3.03. The van der Waals surface area contributed by atoms with Gasteiger partial charge in [-0.05, 0) is 18.9 Å². The van der Waals surface area contributed by atoms with E-state index in [-0.39, 0.29) is 18.2 Å². The smallest absolute Gasteiger partial charge is 0.309 e. The number of thiazole rings is 1. The largest absolute Gasteiger partial charge is 0.481 e. The summed E-state index contributed by atoms with van der Waals surface area (Å²) in [6.45, 7) is 5.47. The van der Waals surface area contributed by atoms with Crippen LogP contribution in [0.2, 0.25) is 0 Å². The fourth-order valence-corrected chi connectivity index (χ4v) is 3.84. The normalized spacial score (nSPS) is 15.7. The molecular formula is C17H22N4O3S. The predicted molar refractivity (Wildman–Crippen MR) is 94.0 cm³/mol. The highest BCUT2D eigenvalue weighted by molar-refractivity contribution is 7.09. The molecule has 1 amide bonds. The van der Waals surface area contributed by atoms with Crippen LogP contribution >= 0.6 is 11.3 Å². The molecule has 134 valence electrons. The van der Waals surface area contributed by atoms with E-state index in [0.29, 0.717) is 30.4 Å². The minimum Gasteiger partial charge on any atom is -0.481 e. The third-order valence-electron chi connectivity index (χ3n) is 4.43. The van der Waals surface area contributed by atoms with Gasteiger partial charge in [-0.1, -0.05) is 13.8 Å². The molecule has 0 radical (unpaired) electrons. The van der Waals surface area contributed by atoms with E-state index < -0.39 is 5.97 Å². The molecule has 0 atom stereocenters. The summed E-state index contributed by atoms with van der Waals surface area (Å²) in [7, 11) is 0. The number of aliphatic carboxylic acids is 1. The molecule has 1 aliphatic heterocycles. The maximum Gasteiger partial charge on any atom is 0.309 e. The molecule has 8 heteroatoms. The molecule has 7 nitrogen and oxygen atoms in total. The van der Waals surface area contributed by atoms with Crippen LogP contribution in [0.3, 0.4) is 0 Å². The first-order valence-electron chi connectivity index (χ1n) is 8.44. The molecule has 2 N–H and O–H groups in total. The molecule has 3 rings (SSSR count). The first-order chi connectivity index (χ1) is 11.9. The third kappa shape index (κ3) is 4.07. The van der Waals surface area contributed by atoms with Gasteiger partial charge in [0, 0.05) is 36.0 Å². The van der Waals surface area contributed by atoms with Crippen molar-refractivity contribution in [2.24, 2.45) is 0 Å². The first kappa shape index (κ1) is 17.6. The Hall–Kier alpha value is -2.22. The molecule has 0 spiro atoms. The van der Waals surface area contributed by atoms with E-state index in [4.69, 9.17) is 5.11 Å². The van der Waals surface area contributed by atoms with Crippen molar-refractivity contribution in [2.75, 3.05) is 13.1 Å². The SMILES string of the molecule is CC(C)c1nc(C(=O)N2CCC(c3cc(CC(=O)O)[nH]n3)CC2)cs1. The molecule has 0 unspecified atom stereocenters. The van der Waals surface area contributed by atoms with Gasteiger partial charge in [0.25, 0.3) is 5.91 Å². The lowest BCUT2D eigenvalue weighted by molar-refractivity contribution is -0.136. The van der Waals surface area contributed by atoms with E-state index >= 15 is 0 Å². The van der Waals surface area contributed by atoms with Crippen molar-refractivity contribution in [3.8, 4) is 0 Å². The van der Waals surface area contributed by atoms with Crippen LogP contribution < -0.4 is 0 Å². The summed E-state index contributed by atoms with van der Waals surface area (Å²) in [5.41, 5.74) is 2.04. The molecule has 0 saturated carbocycles.